The van der Waals surface area contributed by atoms with Crippen LogP contribution in [0.4, 0.5) is 0 Å². The molecule has 0 spiro atoms. The number of sulfone groups is 1. The van der Waals surface area contributed by atoms with Crippen molar-refractivity contribution in [1.29, 1.82) is 0 Å². The molecule has 0 saturated heterocycles. The molecule has 104 valence electrons. The fourth-order valence-corrected chi connectivity index (χ4v) is 2.62. The second-order valence-corrected chi connectivity index (χ2v) is 6.87. The molecule has 1 aromatic rings. The number of hydrogen-bond acceptors (Lipinski definition) is 4. The Morgan fingerprint density at radius 1 is 1.44 bits per heavy atom. The first-order chi connectivity index (χ1) is 8.37. The zero-order valence-electron chi connectivity index (χ0n) is 11.4. The Balaban J connectivity index is 2.65. The molecule has 1 atom stereocenters. The third kappa shape index (κ3) is 4.42. The Labute approximate surface area is 109 Å². The van der Waals surface area contributed by atoms with Crippen molar-refractivity contribution in [3.63, 3.8) is 0 Å². The molecule has 0 aliphatic heterocycles. The number of rotatable bonds is 7. The van der Waals surface area contributed by atoms with Crippen LogP contribution in [0.25, 0.3) is 0 Å². The van der Waals surface area contributed by atoms with Gasteiger partial charge in [0.25, 0.3) is 0 Å². The molecule has 0 aromatic carbocycles. The maximum atomic E-state index is 11.1. The summed E-state index contributed by atoms with van der Waals surface area (Å²) in [7, 11) is -2.90. The van der Waals surface area contributed by atoms with E-state index in [2.05, 4.69) is 12.0 Å². The fraction of sp³-hybridized carbons (Fsp3) is 0.750. The summed E-state index contributed by atoms with van der Waals surface area (Å²) in [6, 6.07) is 1.88. The van der Waals surface area contributed by atoms with Crippen LogP contribution in [-0.2, 0) is 22.8 Å². The van der Waals surface area contributed by atoms with E-state index in [1.165, 1.54) is 6.26 Å². The normalized spacial score (nSPS) is 13.8. The highest BCUT2D eigenvalue weighted by atomic mass is 32.2. The first-order valence-corrected chi connectivity index (χ1v) is 8.43. The van der Waals surface area contributed by atoms with E-state index in [0.29, 0.717) is 12.8 Å². The highest BCUT2D eigenvalue weighted by Crippen LogP contribution is 2.18. The molecule has 18 heavy (non-hydrogen) atoms. The SMILES string of the molecule is CCc1cc(C(N)CCCS(C)(=O)=O)n(CC)n1. The highest BCUT2D eigenvalue weighted by Gasteiger charge is 2.14. The lowest BCUT2D eigenvalue weighted by Gasteiger charge is -2.12. The predicted molar refractivity (Wildman–Crippen MR) is 73.2 cm³/mol. The molecule has 0 aliphatic rings. The van der Waals surface area contributed by atoms with Crippen molar-refractivity contribution in [1.82, 2.24) is 9.78 Å². The quantitative estimate of drug-likeness (QED) is 0.812. The predicted octanol–water partition coefficient (Wildman–Crippen LogP) is 1.29. The first kappa shape index (κ1) is 15.2. The van der Waals surface area contributed by atoms with Gasteiger partial charge < -0.3 is 5.73 Å². The topological polar surface area (TPSA) is 78.0 Å². The van der Waals surface area contributed by atoms with Crippen molar-refractivity contribution < 1.29 is 8.42 Å². The Kier molecular flexibility index (Phi) is 5.34. The Bertz CT molecular complexity index is 480. The van der Waals surface area contributed by atoms with Crippen LogP contribution in [0.5, 0.6) is 0 Å². The zero-order chi connectivity index (χ0) is 13.8. The minimum atomic E-state index is -2.90. The van der Waals surface area contributed by atoms with Crippen molar-refractivity contribution in [2.45, 2.75) is 45.7 Å². The maximum absolute atomic E-state index is 11.1. The van der Waals surface area contributed by atoms with E-state index >= 15 is 0 Å². The molecule has 1 heterocycles. The molecule has 2 N–H and O–H groups in total. The number of hydrogen-bond donors (Lipinski definition) is 1. The van der Waals surface area contributed by atoms with Crippen LogP contribution >= 0.6 is 0 Å². The molecule has 0 bridgehead atoms. The molecular weight excluding hydrogens is 250 g/mol. The number of aryl methyl sites for hydroxylation is 2. The van der Waals surface area contributed by atoms with Crippen molar-refractivity contribution in [2.24, 2.45) is 5.73 Å². The zero-order valence-corrected chi connectivity index (χ0v) is 12.2. The second kappa shape index (κ2) is 6.33. The van der Waals surface area contributed by atoms with Crippen LogP contribution < -0.4 is 5.73 Å². The van der Waals surface area contributed by atoms with Gasteiger partial charge in [-0.2, -0.15) is 5.10 Å². The van der Waals surface area contributed by atoms with Gasteiger partial charge in [0.05, 0.1) is 11.4 Å². The third-order valence-corrected chi connectivity index (χ3v) is 3.96. The highest BCUT2D eigenvalue weighted by molar-refractivity contribution is 7.90. The molecule has 0 radical (unpaired) electrons. The summed E-state index contributed by atoms with van der Waals surface area (Å²) in [6.07, 6.45) is 3.40. The van der Waals surface area contributed by atoms with Crippen molar-refractivity contribution in [3.8, 4) is 0 Å². The van der Waals surface area contributed by atoms with Crippen LogP contribution in [-0.4, -0.2) is 30.2 Å². The first-order valence-electron chi connectivity index (χ1n) is 6.37. The molecule has 5 nitrogen and oxygen atoms in total. The van der Waals surface area contributed by atoms with Gasteiger partial charge in [-0.25, -0.2) is 8.42 Å². The molecule has 0 amide bonds. The molecule has 0 saturated carbocycles. The Morgan fingerprint density at radius 3 is 2.61 bits per heavy atom. The lowest BCUT2D eigenvalue weighted by atomic mass is 10.1. The second-order valence-electron chi connectivity index (χ2n) is 4.61. The third-order valence-electron chi connectivity index (χ3n) is 2.93. The van der Waals surface area contributed by atoms with Gasteiger partial charge in [0.1, 0.15) is 9.84 Å². The summed E-state index contributed by atoms with van der Waals surface area (Å²) in [4.78, 5) is 0. The number of nitrogens with zero attached hydrogens (tertiary/aromatic N) is 2. The van der Waals surface area contributed by atoms with Crippen LogP contribution in [0.1, 0.15) is 44.1 Å². The molecule has 1 unspecified atom stereocenters. The van der Waals surface area contributed by atoms with E-state index in [4.69, 9.17) is 5.73 Å². The summed E-state index contributed by atoms with van der Waals surface area (Å²) in [5, 5.41) is 4.44. The minimum Gasteiger partial charge on any atom is -0.323 e. The van der Waals surface area contributed by atoms with Crippen molar-refractivity contribution in [2.75, 3.05) is 12.0 Å². The minimum absolute atomic E-state index is 0.139. The molecule has 0 fully saturated rings. The van der Waals surface area contributed by atoms with E-state index in [0.717, 1.165) is 24.4 Å². The van der Waals surface area contributed by atoms with Crippen LogP contribution in [0.3, 0.4) is 0 Å². The van der Waals surface area contributed by atoms with E-state index in [1.54, 1.807) is 0 Å². The van der Waals surface area contributed by atoms with Gasteiger partial charge in [0, 0.05) is 24.6 Å². The van der Waals surface area contributed by atoms with Gasteiger partial charge in [0.15, 0.2) is 0 Å². The van der Waals surface area contributed by atoms with E-state index in [-0.39, 0.29) is 11.8 Å². The Morgan fingerprint density at radius 2 is 2.11 bits per heavy atom. The van der Waals surface area contributed by atoms with Gasteiger partial charge in [-0.15, -0.1) is 0 Å². The number of aromatic nitrogens is 2. The smallest absolute Gasteiger partial charge is 0.147 e. The lowest BCUT2D eigenvalue weighted by Crippen LogP contribution is -2.17. The van der Waals surface area contributed by atoms with Gasteiger partial charge in [-0.1, -0.05) is 6.92 Å². The van der Waals surface area contributed by atoms with Gasteiger partial charge >= 0.3 is 0 Å². The van der Waals surface area contributed by atoms with Crippen molar-refractivity contribution >= 4 is 9.84 Å². The fourth-order valence-electron chi connectivity index (χ4n) is 1.92. The van der Waals surface area contributed by atoms with E-state index in [1.807, 2.05) is 17.7 Å². The average molecular weight is 273 g/mol. The molecule has 1 rings (SSSR count). The summed E-state index contributed by atoms with van der Waals surface area (Å²) in [6.45, 7) is 4.87. The van der Waals surface area contributed by atoms with E-state index in [9.17, 15) is 8.42 Å². The lowest BCUT2D eigenvalue weighted by molar-refractivity contribution is 0.537. The maximum Gasteiger partial charge on any atom is 0.147 e. The molecule has 1 aromatic heterocycles. The standard InChI is InChI=1S/C12H23N3O2S/c1-4-10-9-12(15(5-2)14-10)11(13)7-6-8-18(3,16)17/h9,11H,4-8,13H2,1-3H3. The average Bonchev–Trinajstić information content (AvgIpc) is 2.70. The molecule has 0 aliphatic carbocycles. The van der Waals surface area contributed by atoms with E-state index < -0.39 is 9.84 Å². The summed E-state index contributed by atoms with van der Waals surface area (Å²) >= 11 is 0. The Hall–Kier alpha value is -0.880. The van der Waals surface area contributed by atoms with Crippen LogP contribution in [0.2, 0.25) is 0 Å². The summed E-state index contributed by atoms with van der Waals surface area (Å²) < 4.78 is 24.0. The molecule has 6 heteroatoms. The largest absolute Gasteiger partial charge is 0.323 e. The van der Waals surface area contributed by atoms with Gasteiger partial charge in [-0.3, -0.25) is 4.68 Å². The summed E-state index contributed by atoms with van der Waals surface area (Å²) in [5.41, 5.74) is 8.15. The van der Waals surface area contributed by atoms with Crippen LogP contribution in [0, 0.1) is 0 Å². The molecular formula is C12H23N3O2S. The number of nitrogens with two attached hydrogens (primary N) is 1. The monoisotopic (exact) mass is 273 g/mol. The van der Waals surface area contributed by atoms with Gasteiger partial charge in [0.2, 0.25) is 0 Å². The van der Waals surface area contributed by atoms with Crippen molar-refractivity contribution in [3.05, 3.63) is 17.5 Å². The summed E-state index contributed by atoms with van der Waals surface area (Å²) in [5.74, 6) is 0.196. The van der Waals surface area contributed by atoms with Crippen LogP contribution in [0.15, 0.2) is 6.07 Å². The van der Waals surface area contributed by atoms with Gasteiger partial charge in [-0.05, 0) is 32.3 Å².